The van der Waals surface area contributed by atoms with Crippen LogP contribution in [0.15, 0.2) is 11.6 Å². The average Bonchev–Trinajstić information content (AvgIpc) is 3.06. The standard InChI is InChI=1S/C15H26N4OS/c1-3-7-16-12-13-14(17-15-19(13)9-11-21-15)18(2)8-5-4-6-10-20/h9,11,16,20H,3-8,10,12H2,1-2H3. The maximum Gasteiger partial charge on any atom is 0.195 e. The summed E-state index contributed by atoms with van der Waals surface area (Å²) in [5.74, 6) is 1.08. The van der Waals surface area contributed by atoms with Gasteiger partial charge in [-0.05, 0) is 32.2 Å². The van der Waals surface area contributed by atoms with Gasteiger partial charge in [0.1, 0.15) is 0 Å². The Hall–Kier alpha value is -1.11. The molecule has 0 aliphatic carbocycles. The maximum atomic E-state index is 8.84. The molecule has 0 fully saturated rings. The summed E-state index contributed by atoms with van der Waals surface area (Å²) in [7, 11) is 2.11. The number of anilines is 1. The molecule has 5 nitrogen and oxygen atoms in total. The van der Waals surface area contributed by atoms with Crippen molar-refractivity contribution in [1.29, 1.82) is 0 Å². The molecule has 2 rings (SSSR count). The van der Waals surface area contributed by atoms with Crippen molar-refractivity contribution < 1.29 is 5.11 Å². The van der Waals surface area contributed by atoms with Crippen LogP contribution in [-0.4, -0.2) is 41.2 Å². The second kappa shape index (κ2) is 8.36. The summed E-state index contributed by atoms with van der Waals surface area (Å²) in [6.07, 6.45) is 6.27. The van der Waals surface area contributed by atoms with Crippen molar-refractivity contribution >= 4 is 22.1 Å². The van der Waals surface area contributed by atoms with Crippen LogP contribution in [0.1, 0.15) is 38.3 Å². The molecule has 118 valence electrons. The van der Waals surface area contributed by atoms with E-state index in [0.717, 1.165) is 56.1 Å². The molecule has 2 heterocycles. The van der Waals surface area contributed by atoms with Gasteiger partial charge in [0.05, 0.1) is 5.69 Å². The van der Waals surface area contributed by atoms with E-state index in [2.05, 4.69) is 40.2 Å². The summed E-state index contributed by atoms with van der Waals surface area (Å²) < 4.78 is 2.19. The summed E-state index contributed by atoms with van der Waals surface area (Å²) >= 11 is 1.68. The monoisotopic (exact) mass is 310 g/mol. The minimum absolute atomic E-state index is 0.288. The normalized spacial score (nSPS) is 11.4. The molecule has 0 unspecified atom stereocenters. The van der Waals surface area contributed by atoms with Gasteiger partial charge >= 0.3 is 0 Å². The Kier molecular flexibility index (Phi) is 6.48. The van der Waals surface area contributed by atoms with Gasteiger partial charge in [-0.1, -0.05) is 6.92 Å². The molecule has 0 spiro atoms. The van der Waals surface area contributed by atoms with Crippen LogP contribution >= 0.6 is 11.3 Å². The molecule has 2 aromatic heterocycles. The molecule has 0 bridgehead atoms. The fourth-order valence-corrected chi connectivity index (χ4v) is 3.15. The Bertz CT molecular complexity index is 537. The van der Waals surface area contributed by atoms with Crippen molar-refractivity contribution in [1.82, 2.24) is 14.7 Å². The smallest absolute Gasteiger partial charge is 0.195 e. The molecule has 2 aromatic rings. The highest BCUT2D eigenvalue weighted by atomic mass is 32.1. The van der Waals surface area contributed by atoms with E-state index in [1.54, 1.807) is 11.3 Å². The number of nitrogens with one attached hydrogen (secondary N) is 1. The molecular formula is C15H26N4OS. The number of aromatic nitrogens is 2. The molecular weight excluding hydrogens is 284 g/mol. The van der Waals surface area contributed by atoms with Gasteiger partial charge in [0, 0.05) is 38.3 Å². The molecule has 21 heavy (non-hydrogen) atoms. The zero-order valence-electron chi connectivity index (χ0n) is 13.0. The topological polar surface area (TPSA) is 52.8 Å². The second-order valence-corrected chi connectivity index (χ2v) is 6.19. The highest BCUT2D eigenvalue weighted by Crippen LogP contribution is 2.24. The van der Waals surface area contributed by atoms with Crippen LogP contribution in [0.25, 0.3) is 4.96 Å². The Morgan fingerprint density at radius 3 is 3.00 bits per heavy atom. The van der Waals surface area contributed by atoms with E-state index in [9.17, 15) is 0 Å². The van der Waals surface area contributed by atoms with Gasteiger partial charge in [0.25, 0.3) is 0 Å². The van der Waals surface area contributed by atoms with E-state index in [-0.39, 0.29) is 6.61 Å². The fourth-order valence-electron chi connectivity index (χ4n) is 2.42. The highest BCUT2D eigenvalue weighted by Gasteiger charge is 2.15. The van der Waals surface area contributed by atoms with Crippen molar-refractivity contribution in [3.63, 3.8) is 0 Å². The first-order chi connectivity index (χ1) is 10.3. The molecule has 0 radical (unpaired) electrons. The minimum Gasteiger partial charge on any atom is -0.396 e. The van der Waals surface area contributed by atoms with Crippen LogP contribution in [0.2, 0.25) is 0 Å². The van der Waals surface area contributed by atoms with Gasteiger partial charge in [-0.25, -0.2) is 4.98 Å². The first kappa shape index (κ1) is 16.3. The van der Waals surface area contributed by atoms with Crippen LogP contribution in [0.4, 0.5) is 5.82 Å². The van der Waals surface area contributed by atoms with Crippen molar-refractivity contribution in [2.45, 2.75) is 39.2 Å². The predicted octanol–water partition coefficient (Wildman–Crippen LogP) is 2.49. The Morgan fingerprint density at radius 2 is 2.24 bits per heavy atom. The highest BCUT2D eigenvalue weighted by molar-refractivity contribution is 7.15. The lowest BCUT2D eigenvalue weighted by molar-refractivity contribution is 0.283. The first-order valence-electron chi connectivity index (χ1n) is 7.75. The number of hydrogen-bond acceptors (Lipinski definition) is 5. The molecule has 0 amide bonds. The van der Waals surface area contributed by atoms with Crippen molar-refractivity contribution in [3.05, 3.63) is 17.3 Å². The molecule has 0 aliphatic heterocycles. The zero-order chi connectivity index (χ0) is 15.1. The third kappa shape index (κ3) is 4.18. The number of nitrogens with zero attached hydrogens (tertiary/aromatic N) is 3. The van der Waals surface area contributed by atoms with E-state index in [1.165, 1.54) is 5.69 Å². The van der Waals surface area contributed by atoms with Crippen LogP contribution in [0.3, 0.4) is 0 Å². The third-order valence-electron chi connectivity index (χ3n) is 3.57. The lowest BCUT2D eigenvalue weighted by Crippen LogP contribution is -2.23. The number of hydrogen-bond donors (Lipinski definition) is 2. The molecule has 0 aliphatic rings. The van der Waals surface area contributed by atoms with E-state index in [4.69, 9.17) is 10.1 Å². The molecule has 0 aromatic carbocycles. The van der Waals surface area contributed by atoms with E-state index < -0.39 is 0 Å². The fraction of sp³-hybridized carbons (Fsp3) is 0.667. The molecule has 0 atom stereocenters. The lowest BCUT2D eigenvalue weighted by atomic mass is 10.2. The van der Waals surface area contributed by atoms with E-state index >= 15 is 0 Å². The summed E-state index contributed by atoms with van der Waals surface area (Å²) in [5.41, 5.74) is 1.24. The number of fused-ring (bicyclic) bond motifs is 1. The number of thiazole rings is 1. The predicted molar refractivity (Wildman–Crippen MR) is 89.3 cm³/mol. The SMILES string of the molecule is CCCNCc1c(N(C)CCCCCO)nc2sccn12. The van der Waals surface area contributed by atoms with Gasteiger partial charge < -0.3 is 15.3 Å². The van der Waals surface area contributed by atoms with E-state index in [1.807, 2.05) is 0 Å². The summed E-state index contributed by atoms with van der Waals surface area (Å²) in [6, 6.07) is 0. The van der Waals surface area contributed by atoms with Crippen LogP contribution in [-0.2, 0) is 6.54 Å². The van der Waals surface area contributed by atoms with Gasteiger partial charge in [-0.15, -0.1) is 11.3 Å². The van der Waals surface area contributed by atoms with Crippen molar-refractivity contribution in [3.8, 4) is 0 Å². The van der Waals surface area contributed by atoms with Gasteiger partial charge in [-0.3, -0.25) is 4.40 Å². The molecule has 2 N–H and O–H groups in total. The Labute approximate surface area is 130 Å². The number of aliphatic hydroxyl groups is 1. The van der Waals surface area contributed by atoms with Crippen LogP contribution in [0.5, 0.6) is 0 Å². The number of unbranched alkanes of at least 4 members (excludes halogenated alkanes) is 2. The largest absolute Gasteiger partial charge is 0.396 e. The number of rotatable bonds is 10. The quantitative estimate of drug-likeness (QED) is 0.662. The van der Waals surface area contributed by atoms with Crippen LogP contribution in [0, 0.1) is 0 Å². The first-order valence-corrected chi connectivity index (χ1v) is 8.63. The summed E-state index contributed by atoms with van der Waals surface area (Å²) in [6.45, 7) is 5.32. The minimum atomic E-state index is 0.288. The average molecular weight is 310 g/mol. The maximum absolute atomic E-state index is 8.84. The molecule has 0 saturated carbocycles. The second-order valence-electron chi connectivity index (χ2n) is 5.32. The van der Waals surface area contributed by atoms with Crippen molar-refractivity contribution in [2.24, 2.45) is 0 Å². The summed E-state index contributed by atoms with van der Waals surface area (Å²) in [5, 5.41) is 14.4. The van der Waals surface area contributed by atoms with E-state index in [0.29, 0.717) is 0 Å². The lowest BCUT2D eigenvalue weighted by Gasteiger charge is -2.18. The van der Waals surface area contributed by atoms with Gasteiger partial charge in [0.2, 0.25) is 0 Å². The van der Waals surface area contributed by atoms with Crippen LogP contribution < -0.4 is 10.2 Å². The Morgan fingerprint density at radius 1 is 1.38 bits per heavy atom. The van der Waals surface area contributed by atoms with Gasteiger partial charge in [-0.2, -0.15) is 0 Å². The van der Waals surface area contributed by atoms with Gasteiger partial charge in [0.15, 0.2) is 10.8 Å². The number of aliphatic hydroxyl groups excluding tert-OH is 1. The Balaban J connectivity index is 2.05. The molecule has 6 heteroatoms. The zero-order valence-corrected chi connectivity index (χ0v) is 13.8. The summed E-state index contributed by atoms with van der Waals surface area (Å²) in [4.78, 5) is 8.06. The number of imidazole rings is 1. The molecule has 0 saturated heterocycles. The van der Waals surface area contributed by atoms with Crippen molar-refractivity contribution in [2.75, 3.05) is 31.6 Å². The third-order valence-corrected chi connectivity index (χ3v) is 4.33.